The molecule has 38 heavy (non-hydrogen) atoms. The highest BCUT2D eigenvalue weighted by Crippen LogP contribution is 2.35. The molecular formula is C34H57N3O. The quantitative estimate of drug-likeness (QED) is 0.168. The van der Waals surface area contributed by atoms with E-state index in [4.69, 9.17) is 0 Å². The molecule has 0 radical (unpaired) electrons. The van der Waals surface area contributed by atoms with Gasteiger partial charge < -0.3 is 10.2 Å². The largest absolute Gasteiger partial charge is 0.360 e. The SMILES string of the molecule is C/C=C\C.CC.CC/C=C/C=C\N=C(C)N1CCC(Cc2ccccc2)(C(=O)NCC)CC1.CC=C(C)C. The van der Waals surface area contributed by atoms with E-state index in [0.717, 1.165) is 44.6 Å². The van der Waals surface area contributed by atoms with E-state index in [1.165, 1.54) is 11.1 Å². The van der Waals surface area contributed by atoms with Gasteiger partial charge in [-0.3, -0.25) is 4.79 Å². The molecule has 4 heteroatoms. The number of hydrogen-bond acceptors (Lipinski definition) is 2. The fourth-order valence-corrected chi connectivity index (χ4v) is 3.57. The van der Waals surface area contributed by atoms with Crippen LogP contribution in [0.15, 0.2) is 83.6 Å². The molecule has 214 valence electrons. The highest BCUT2D eigenvalue weighted by Gasteiger charge is 2.41. The van der Waals surface area contributed by atoms with Gasteiger partial charge in [0.05, 0.1) is 5.41 Å². The van der Waals surface area contributed by atoms with Crippen molar-refractivity contribution in [2.24, 2.45) is 10.4 Å². The highest BCUT2D eigenvalue weighted by atomic mass is 16.2. The Bertz CT molecular complexity index is 847. The van der Waals surface area contributed by atoms with E-state index in [1.54, 1.807) is 0 Å². The molecule has 0 saturated carbocycles. The molecule has 0 atom stereocenters. The third-order valence-corrected chi connectivity index (χ3v) is 6.12. The van der Waals surface area contributed by atoms with E-state index in [1.807, 2.05) is 97.2 Å². The molecule has 1 heterocycles. The average molecular weight is 524 g/mol. The van der Waals surface area contributed by atoms with Crippen LogP contribution in [-0.4, -0.2) is 36.3 Å². The number of benzene rings is 1. The standard InChI is InChI=1S/C23H33N3O.C5H10.C4H8.C2H6/c1-4-6-7-11-16-25-20(3)26-17-14-23(15-18-26,22(27)24-5-2)19-21-12-9-8-10-13-21;1-4-5(2)3;1-3-4-2;1-2/h6-13,16H,4-5,14-15,17-19H2,1-3H3,(H,24,27);4H,1-3H3;3-4H,1-2H3;1-2H3/b7-6+,16-11-,25-20?;;4-3-;. The predicted molar refractivity (Wildman–Crippen MR) is 171 cm³/mol. The normalized spacial score (nSPS) is 14.6. The molecule has 1 aromatic carbocycles. The Kier molecular flexibility index (Phi) is 24.0. The van der Waals surface area contributed by atoms with Crippen LogP contribution >= 0.6 is 0 Å². The lowest BCUT2D eigenvalue weighted by Crippen LogP contribution is -2.51. The Morgan fingerprint density at radius 1 is 0.974 bits per heavy atom. The number of amides is 1. The maximum atomic E-state index is 12.9. The summed E-state index contributed by atoms with van der Waals surface area (Å²) >= 11 is 0. The van der Waals surface area contributed by atoms with Crippen LogP contribution < -0.4 is 5.32 Å². The number of rotatable bonds is 7. The first kappa shape index (κ1) is 37.3. The van der Waals surface area contributed by atoms with E-state index in [0.29, 0.717) is 6.54 Å². The summed E-state index contributed by atoms with van der Waals surface area (Å²) in [6, 6.07) is 10.4. The second-order valence-corrected chi connectivity index (χ2v) is 9.18. The molecule has 0 aliphatic carbocycles. The number of nitrogens with zero attached hydrogens (tertiary/aromatic N) is 2. The van der Waals surface area contributed by atoms with Gasteiger partial charge in [-0.25, -0.2) is 4.99 Å². The maximum absolute atomic E-state index is 12.9. The monoisotopic (exact) mass is 523 g/mol. The van der Waals surface area contributed by atoms with Crippen LogP contribution in [0.1, 0.15) is 94.1 Å². The molecular weight excluding hydrogens is 466 g/mol. The summed E-state index contributed by atoms with van der Waals surface area (Å²) in [7, 11) is 0. The van der Waals surface area contributed by atoms with Crippen molar-refractivity contribution in [2.75, 3.05) is 19.6 Å². The van der Waals surface area contributed by atoms with Crippen LogP contribution in [0.5, 0.6) is 0 Å². The van der Waals surface area contributed by atoms with Gasteiger partial charge in [0.1, 0.15) is 5.84 Å². The number of carbonyl (C=O) groups excluding carboxylic acids is 1. The number of carbonyl (C=O) groups is 1. The summed E-state index contributed by atoms with van der Waals surface area (Å²) in [5, 5.41) is 3.07. The van der Waals surface area contributed by atoms with E-state index in [9.17, 15) is 4.79 Å². The minimum Gasteiger partial charge on any atom is -0.360 e. The number of amidine groups is 1. The van der Waals surface area contributed by atoms with Crippen molar-refractivity contribution in [2.45, 2.75) is 94.9 Å². The van der Waals surface area contributed by atoms with Crippen molar-refractivity contribution in [1.29, 1.82) is 0 Å². The summed E-state index contributed by atoms with van der Waals surface area (Å²) in [4.78, 5) is 19.7. The number of piperidine rings is 1. The number of hydrogen-bond donors (Lipinski definition) is 1. The first-order valence-corrected chi connectivity index (χ1v) is 14.4. The van der Waals surface area contributed by atoms with Gasteiger partial charge in [-0.05, 0) is 85.8 Å². The van der Waals surface area contributed by atoms with Crippen molar-refractivity contribution in [3.05, 3.63) is 84.1 Å². The lowest BCUT2D eigenvalue weighted by Gasteiger charge is -2.41. The van der Waals surface area contributed by atoms with Gasteiger partial charge in [0, 0.05) is 25.8 Å². The second-order valence-electron chi connectivity index (χ2n) is 9.18. The Hall–Kier alpha value is -2.88. The molecule has 0 spiro atoms. The number of aliphatic imine (C=N–C) groups is 1. The van der Waals surface area contributed by atoms with E-state index in [2.05, 4.69) is 60.3 Å². The Morgan fingerprint density at radius 3 is 1.97 bits per heavy atom. The van der Waals surface area contributed by atoms with Crippen molar-refractivity contribution >= 4 is 11.7 Å². The van der Waals surface area contributed by atoms with Crippen molar-refractivity contribution in [3.63, 3.8) is 0 Å². The molecule has 1 fully saturated rings. The van der Waals surface area contributed by atoms with Crippen molar-refractivity contribution < 1.29 is 4.79 Å². The molecule has 0 aromatic heterocycles. The molecule has 1 N–H and O–H groups in total. The van der Waals surface area contributed by atoms with Gasteiger partial charge >= 0.3 is 0 Å². The minimum atomic E-state index is -0.326. The second kappa shape index (κ2) is 24.5. The minimum absolute atomic E-state index is 0.188. The zero-order valence-corrected chi connectivity index (χ0v) is 26.2. The van der Waals surface area contributed by atoms with Gasteiger partial charge in [-0.2, -0.15) is 0 Å². The predicted octanol–water partition coefficient (Wildman–Crippen LogP) is 8.93. The molecule has 0 unspecified atom stereocenters. The molecule has 4 nitrogen and oxygen atoms in total. The maximum Gasteiger partial charge on any atom is 0.226 e. The number of likely N-dealkylation sites (tertiary alicyclic amines) is 1. The summed E-state index contributed by atoms with van der Waals surface area (Å²) in [6.07, 6.45) is 17.5. The smallest absolute Gasteiger partial charge is 0.226 e. The van der Waals surface area contributed by atoms with E-state index >= 15 is 0 Å². The average Bonchev–Trinajstić information content (AvgIpc) is 2.95. The summed E-state index contributed by atoms with van der Waals surface area (Å²) in [5.74, 6) is 1.20. The topological polar surface area (TPSA) is 44.7 Å². The Morgan fingerprint density at radius 2 is 1.53 bits per heavy atom. The molecule has 2 rings (SSSR count). The summed E-state index contributed by atoms with van der Waals surface area (Å²) in [5.41, 5.74) is 2.28. The van der Waals surface area contributed by atoms with Gasteiger partial charge in [0.25, 0.3) is 0 Å². The number of nitrogens with one attached hydrogen (secondary N) is 1. The summed E-state index contributed by atoms with van der Waals surface area (Å²) in [6.45, 7) is 22.7. The summed E-state index contributed by atoms with van der Waals surface area (Å²) < 4.78 is 0. The molecule has 1 amide bonds. The van der Waals surface area contributed by atoms with Gasteiger partial charge in [0.2, 0.25) is 5.91 Å². The van der Waals surface area contributed by atoms with Crippen LogP contribution in [0, 0.1) is 5.41 Å². The lowest BCUT2D eigenvalue weighted by atomic mass is 9.73. The molecule has 0 bridgehead atoms. The van der Waals surface area contributed by atoms with E-state index < -0.39 is 0 Å². The van der Waals surface area contributed by atoms with Crippen molar-refractivity contribution in [3.8, 4) is 0 Å². The van der Waals surface area contributed by atoms with Gasteiger partial charge in [0.15, 0.2) is 0 Å². The zero-order chi connectivity index (χ0) is 29.2. The molecule has 1 saturated heterocycles. The Labute approximate surface area is 235 Å². The fraction of sp³-hybridized carbons (Fsp3) is 0.529. The third-order valence-electron chi connectivity index (χ3n) is 6.12. The molecule has 1 aliphatic rings. The lowest BCUT2D eigenvalue weighted by molar-refractivity contribution is -0.133. The molecule has 1 aliphatic heterocycles. The fourth-order valence-electron chi connectivity index (χ4n) is 3.57. The van der Waals surface area contributed by atoms with Crippen LogP contribution in [0.25, 0.3) is 0 Å². The van der Waals surface area contributed by atoms with Crippen LogP contribution in [0.3, 0.4) is 0 Å². The van der Waals surface area contributed by atoms with E-state index in [-0.39, 0.29) is 11.3 Å². The first-order chi connectivity index (χ1) is 18.3. The third kappa shape index (κ3) is 16.8. The van der Waals surface area contributed by atoms with Crippen LogP contribution in [0.4, 0.5) is 0 Å². The van der Waals surface area contributed by atoms with Crippen LogP contribution in [-0.2, 0) is 11.2 Å². The highest BCUT2D eigenvalue weighted by molar-refractivity contribution is 5.84. The Balaban J connectivity index is 0. The zero-order valence-electron chi connectivity index (χ0n) is 26.2. The van der Waals surface area contributed by atoms with Crippen LogP contribution in [0.2, 0.25) is 0 Å². The number of allylic oxidation sites excluding steroid dienone is 7. The van der Waals surface area contributed by atoms with Gasteiger partial charge in [-0.15, -0.1) is 0 Å². The van der Waals surface area contributed by atoms with Crippen molar-refractivity contribution in [1.82, 2.24) is 10.2 Å². The first-order valence-electron chi connectivity index (χ1n) is 14.4. The molecule has 1 aromatic rings. The van der Waals surface area contributed by atoms with Gasteiger partial charge in [-0.1, -0.05) is 87.1 Å².